The van der Waals surface area contributed by atoms with Crippen LogP contribution in [0.25, 0.3) is 0 Å². The van der Waals surface area contributed by atoms with E-state index in [2.05, 4.69) is 5.18 Å². The third-order valence-electron chi connectivity index (χ3n) is 3.14. The van der Waals surface area contributed by atoms with Crippen LogP contribution in [0.4, 0.5) is 0 Å². The van der Waals surface area contributed by atoms with E-state index in [0.29, 0.717) is 0 Å². The predicted molar refractivity (Wildman–Crippen MR) is 57.2 cm³/mol. The molecule has 0 spiro atoms. The zero-order chi connectivity index (χ0) is 11.6. The van der Waals surface area contributed by atoms with Crippen LogP contribution in [0.1, 0.15) is 20.8 Å². The van der Waals surface area contributed by atoms with E-state index in [9.17, 15) is 9.70 Å². The van der Waals surface area contributed by atoms with Crippen molar-refractivity contribution in [1.82, 2.24) is 0 Å². The molecule has 0 aromatic carbocycles. The molecule has 1 aliphatic rings. The van der Waals surface area contributed by atoms with Crippen molar-refractivity contribution in [3.8, 4) is 0 Å². The lowest BCUT2D eigenvalue weighted by molar-refractivity contribution is -0.143. The van der Waals surface area contributed by atoms with Gasteiger partial charge in [-0.1, -0.05) is 30.7 Å². The average molecular weight is 211 g/mol. The highest BCUT2D eigenvalue weighted by molar-refractivity contribution is 5.78. The third-order valence-corrected chi connectivity index (χ3v) is 3.14. The quantitative estimate of drug-likeness (QED) is 0.406. The average Bonchev–Trinajstić information content (AvgIpc) is 2.67. The monoisotopic (exact) mass is 211 g/mol. The molecule has 0 aromatic rings. The molecule has 1 rings (SSSR count). The topological polar surface area (TPSA) is 55.7 Å². The maximum atomic E-state index is 11.4. The molecular formula is C11H17NO3. The first-order valence-corrected chi connectivity index (χ1v) is 4.99. The number of nitrogens with zero attached hydrogens (tertiary/aromatic N) is 1. The summed E-state index contributed by atoms with van der Waals surface area (Å²) in [6, 6.07) is 0. The van der Waals surface area contributed by atoms with Gasteiger partial charge in [0, 0.05) is 0 Å². The van der Waals surface area contributed by atoms with Gasteiger partial charge in [-0.2, -0.15) is 4.91 Å². The maximum Gasteiger partial charge on any atom is 0.309 e. The van der Waals surface area contributed by atoms with Gasteiger partial charge in [0.15, 0.2) is 0 Å². The minimum atomic E-state index is -0.173. The smallest absolute Gasteiger partial charge is 0.309 e. The normalized spacial score (nSPS) is 28.4. The molecule has 0 aliphatic heterocycles. The van der Waals surface area contributed by atoms with Crippen LogP contribution in [-0.2, 0) is 9.53 Å². The molecule has 0 aromatic heterocycles. The molecule has 2 atom stereocenters. The van der Waals surface area contributed by atoms with Gasteiger partial charge in [-0.05, 0) is 18.3 Å². The van der Waals surface area contributed by atoms with E-state index < -0.39 is 0 Å². The van der Waals surface area contributed by atoms with E-state index in [1.54, 1.807) is 0 Å². The van der Waals surface area contributed by atoms with Gasteiger partial charge >= 0.3 is 5.97 Å². The lowest BCUT2D eigenvalue weighted by atomic mass is 10.1. The van der Waals surface area contributed by atoms with E-state index in [0.717, 1.165) is 5.57 Å². The maximum absolute atomic E-state index is 11.4. The lowest BCUT2D eigenvalue weighted by Gasteiger charge is -1.99. The summed E-state index contributed by atoms with van der Waals surface area (Å²) < 4.78 is 4.73. The zero-order valence-corrected chi connectivity index (χ0v) is 9.61. The standard InChI is InChI=1S/C11H17NO3/c1-7(6-12-14)5-8-9(10(13)15-4)11(8,2)3/h5,8-9H,6H2,1-4H3/t8-,9+/m1/s1. The lowest BCUT2D eigenvalue weighted by Crippen LogP contribution is -2.07. The van der Waals surface area contributed by atoms with Crippen molar-refractivity contribution >= 4 is 5.97 Å². The van der Waals surface area contributed by atoms with Gasteiger partial charge in [0.25, 0.3) is 0 Å². The molecule has 1 saturated carbocycles. The van der Waals surface area contributed by atoms with Gasteiger partial charge in [0.2, 0.25) is 0 Å². The number of hydrogen-bond acceptors (Lipinski definition) is 4. The Morgan fingerprint density at radius 3 is 2.60 bits per heavy atom. The number of allylic oxidation sites excluding steroid dienone is 1. The summed E-state index contributed by atoms with van der Waals surface area (Å²) in [7, 11) is 1.40. The number of nitroso groups, excluding NO2 is 1. The van der Waals surface area contributed by atoms with Gasteiger partial charge in [-0.25, -0.2) is 0 Å². The molecule has 4 nitrogen and oxygen atoms in total. The molecule has 4 heteroatoms. The van der Waals surface area contributed by atoms with Crippen LogP contribution < -0.4 is 0 Å². The summed E-state index contributed by atoms with van der Waals surface area (Å²) in [5, 5.41) is 2.82. The summed E-state index contributed by atoms with van der Waals surface area (Å²) in [5.41, 5.74) is 0.853. The molecule has 1 aliphatic carbocycles. The fraction of sp³-hybridized carbons (Fsp3) is 0.727. The first kappa shape index (κ1) is 11.9. The molecular weight excluding hydrogens is 194 g/mol. The van der Waals surface area contributed by atoms with Gasteiger partial charge in [-0.15, -0.1) is 0 Å². The first-order valence-electron chi connectivity index (χ1n) is 4.99. The summed E-state index contributed by atoms with van der Waals surface area (Å²) in [5.74, 6) is -0.0797. The van der Waals surface area contributed by atoms with Crippen molar-refractivity contribution in [3.63, 3.8) is 0 Å². The fourth-order valence-electron chi connectivity index (χ4n) is 2.03. The summed E-state index contributed by atoms with van der Waals surface area (Å²) in [6.45, 7) is 6.10. The summed E-state index contributed by atoms with van der Waals surface area (Å²) >= 11 is 0. The summed E-state index contributed by atoms with van der Waals surface area (Å²) in [6.07, 6.45) is 1.96. The highest BCUT2D eigenvalue weighted by atomic mass is 16.5. The van der Waals surface area contributed by atoms with E-state index >= 15 is 0 Å². The van der Waals surface area contributed by atoms with E-state index in [-0.39, 0.29) is 29.8 Å². The van der Waals surface area contributed by atoms with Gasteiger partial charge in [-0.3, -0.25) is 4.79 Å². The predicted octanol–water partition coefficient (Wildman–Crippen LogP) is 2.14. The van der Waals surface area contributed by atoms with Gasteiger partial charge < -0.3 is 4.74 Å². The minimum absolute atomic E-state index is 0.0583. The number of hydrogen-bond donors (Lipinski definition) is 0. The number of carbonyl (C=O) groups is 1. The largest absolute Gasteiger partial charge is 0.469 e. The molecule has 0 unspecified atom stereocenters. The second kappa shape index (κ2) is 4.13. The molecule has 0 amide bonds. The van der Waals surface area contributed by atoms with Crippen molar-refractivity contribution in [2.45, 2.75) is 20.8 Å². The Morgan fingerprint density at radius 2 is 2.13 bits per heavy atom. The fourth-order valence-corrected chi connectivity index (χ4v) is 2.03. The van der Waals surface area contributed by atoms with Crippen LogP contribution in [0.15, 0.2) is 16.8 Å². The van der Waals surface area contributed by atoms with Crippen molar-refractivity contribution in [2.24, 2.45) is 22.4 Å². The highest BCUT2D eigenvalue weighted by Gasteiger charge is 2.61. The number of rotatable bonds is 4. The molecule has 84 valence electrons. The Bertz CT molecular complexity index is 307. The van der Waals surface area contributed by atoms with Crippen LogP contribution in [-0.4, -0.2) is 19.6 Å². The number of methoxy groups -OCH3 is 1. The number of ether oxygens (including phenoxy) is 1. The van der Waals surface area contributed by atoms with E-state index in [1.807, 2.05) is 26.8 Å². The van der Waals surface area contributed by atoms with E-state index in [4.69, 9.17) is 4.74 Å². The zero-order valence-electron chi connectivity index (χ0n) is 9.61. The van der Waals surface area contributed by atoms with Crippen molar-refractivity contribution in [1.29, 1.82) is 0 Å². The van der Waals surface area contributed by atoms with Crippen LogP contribution in [0.3, 0.4) is 0 Å². The van der Waals surface area contributed by atoms with E-state index in [1.165, 1.54) is 7.11 Å². The molecule has 1 fully saturated rings. The van der Waals surface area contributed by atoms with Crippen LogP contribution in [0, 0.1) is 22.2 Å². The van der Waals surface area contributed by atoms with Crippen LogP contribution in [0.5, 0.6) is 0 Å². The first-order chi connectivity index (χ1) is 6.95. The second-order valence-corrected chi connectivity index (χ2v) is 4.65. The van der Waals surface area contributed by atoms with Crippen molar-refractivity contribution in [2.75, 3.05) is 13.7 Å². The second-order valence-electron chi connectivity index (χ2n) is 4.65. The molecule has 0 saturated heterocycles. The highest BCUT2D eigenvalue weighted by Crippen LogP contribution is 2.59. The molecule has 0 N–H and O–H groups in total. The minimum Gasteiger partial charge on any atom is -0.469 e. The molecule has 0 heterocycles. The van der Waals surface area contributed by atoms with Crippen molar-refractivity contribution in [3.05, 3.63) is 16.6 Å². The number of esters is 1. The molecule has 0 radical (unpaired) electrons. The molecule has 0 bridgehead atoms. The van der Waals surface area contributed by atoms with Crippen LogP contribution >= 0.6 is 0 Å². The Labute approximate surface area is 89.7 Å². The third kappa shape index (κ3) is 2.25. The Balaban J connectivity index is 2.70. The summed E-state index contributed by atoms with van der Waals surface area (Å²) in [4.78, 5) is 21.5. The number of carbonyl (C=O) groups excluding carboxylic acids is 1. The Hall–Kier alpha value is -1.19. The SMILES string of the molecule is COC(=O)[C@@H]1[C@@H](C=C(C)CN=O)C1(C)C. The van der Waals surface area contributed by atoms with Gasteiger partial charge in [0.1, 0.15) is 6.54 Å². The van der Waals surface area contributed by atoms with Crippen LogP contribution in [0.2, 0.25) is 0 Å². The van der Waals surface area contributed by atoms with Gasteiger partial charge in [0.05, 0.1) is 13.0 Å². The Kier molecular flexibility index (Phi) is 3.27. The van der Waals surface area contributed by atoms with Crippen molar-refractivity contribution < 1.29 is 9.53 Å². The molecule has 15 heavy (non-hydrogen) atoms. The Morgan fingerprint density at radius 1 is 1.53 bits per heavy atom.